The lowest BCUT2D eigenvalue weighted by Crippen LogP contribution is -2.00. The number of aromatic nitrogens is 3. The molecule has 9 rings (SSSR count). The molecule has 0 radical (unpaired) electrons. The fourth-order valence-corrected chi connectivity index (χ4v) is 6.50. The van der Waals surface area contributed by atoms with E-state index in [0.29, 0.717) is 17.5 Å². The summed E-state index contributed by atoms with van der Waals surface area (Å²) in [6, 6.07) is 60.6. The van der Waals surface area contributed by atoms with E-state index in [4.69, 9.17) is 19.4 Å². The van der Waals surface area contributed by atoms with Crippen LogP contribution in [0.1, 0.15) is 0 Å². The molecule has 4 heteroatoms. The fraction of sp³-hybridized carbons (Fsp3) is 0. The Labute approximate surface area is 284 Å². The molecule has 4 nitrogen and oxygen atoms in total. The lowest BCUT2D eigenvalue weighted by Gasteiger charge is -2.15. The monoisotopic (exact) mass is 627 g/mol. The van der Waals surface area contributed by atoms with E-state index in [9.17, 15) is 0 Å². The number of hydrogen-bond acceptors (Lipinski definition) is 4. The molecule has 7 aromatic carbocycles. The minimum atomic E-state index is 0.627. The topological polar surface area (TPSA) is 51.8 Å². The quantitative estimate of drug-likeness (QED) is 0.184. The zero-order valence-corrected chi connectivity index (χ0v) is 26.5. The molecule has 0 saturated carbocycles. The molecule has 230 valence electrons. The summed E-state index contributed by atoms with van der Waals surface area (Å²) < 4.78 is 6.11. The first-order valence-electron chi connectivity index (χ1n) is 16.4. The maximum Gasteiger partial charge on any atom is 0.164 e. The van der Waals surface area contributed by atoms with E-state index in [1.807, 2.05) is 72.8 Å². The van der Waals surface area contributed by atoms with E-state index in [0.717, 1.165) is 72.0 Å². The van der Waals surface area contributed by atoms with E-state index >= 15 is 0 Å². The van der Waals surface area contributed by atoms with Gasteiger partial charge >= 0.3 is 0 Å². The standard InChI is InChI=1S/C45H29N3O/c1-4-13-30(14-5-1)37-25-23-36(45-47-43(31-15-6-2-7-16-31)46-44(48-45)32-17-8-3-9-18-32)29-39(37)35-20-12-19-33(27-35)34-24-26-42-40(28-34)38-21-10-11-22-41(38)49-42/h1-29H. The zero-order valence-electron chi connectivity index (χ0n) is 26.5. The molecule has 0 atom stereocenters. The van der Waals surface area contributed by atoms with Crippen molar-refractivity contribution >= 4 is 21.9 Å². The molecular formula is C45H29N3O. The highest BCUT2D eigenvalue weighted by Gasteiger charge is 2.16. The van der Waals surface area contributed by atoms with Gasteiger partial charge in [0.2, 0.25) is 0 Å². The zero-order chi connectivity index (χ0) is 32.6. The number of nitrogens with zero attached hydrogens (tertiary/aromatic N) is 3. The first kappa shape index (κ1) is 28.6. The summed E-state index contributed by atoms with van der Waals surface area (Å²) in [6.45, 7) is 0. The molecule has 0 saturated heterocycles. The second-order valence-corrected chi connectivity index (χ2v) is 12.1. The molecular weight excluding hydrogens is 599 g/mol. The lowest BCUT2D eigenvalue weighted by atomic mass is 9.91. The van der Waals surface area contributed by atoms with Gasteiger partial charge in [0.15, 0.2) is 17.5 Å². The average molecular weight is 628 g/mol. The van der Waals surface area contributed by atoms with Crippen molar-refractivity contribution in [3.05, 3.63) is 176 Å². The molecule has 0 aliphatic rings. The van der Waals surface area contributed by atoms with Gasteiger partial charge in [0.1, 0.15) is 11.2 Å². The van der Waals surface area contributed by atoms with Gasteiger partial charge in [0.25, 0.3) is 0 Å². The Morgan fingerprint density at radius 1 is 0.286 bits per heavy atom. The van der Waals surface area contributed by atoms with Crippen LogP contribution in [0.25, 0.3) is 89.5 Å². The van der Waals surface area contributed by atoms with Crippen molar-refractivity contribution in [1.29, 1.82) is 0 Å². The summed E-state index contributed by atoms with van der Waals surface area (Å²) in [4.78, 5) is 14.9. The number of fused-ring (bicyclic) bond motifs is 3. The molecule has 0 unspecified atom stereocenters. The Balaban J connectivity index is 1.21. The van der Waals surface area contributed by atoms with Crippen LogP contribution in [0, 0.1) is 0 Å². The minimum absolute atomic E-state index is 0.627. The predicted octanol–water partition coefficient (Wildman–Crippen LogP) is 11.8. The highest BCUT2D eigenvalue weighted by molar-refractivity contribution is 6.06. The summed E-state index contributed by atoms with van der Waals surface area (Å²) in [5.74, 6) is 1.91. The van der Waals surface area contributed by atoms with Crippen molar-refractivity contribution in [2.75, 3.05) is 0 Å². The lowest BCUT2D eigenvalue weighted by molar-refractivity contribution is 0.669. The van der Waals surface area contributed by atoms with Gasteiger partial charge in [-0.05, 0) is 63.7 Å². The van der Waals surface area contributed by atoms with Crippen LogP contribution in [0.4, 0.5) is 0 Å². The Morgan fingerprint density at radius 2 is 0.796 bits per heavy atom. The molecule has 49 heavy (non-hydrogen) atoms. The number of rotatable bonds is 6. The average Bonchev–Trinajstić information content (AvgIpc) is 3.57. The normalized spacial score (nSPS) is 11.3. The van der Waals surface area contributed by atoms with Gasteiger partial charge < -0.3 is 4.42 Å². The Kier molecular flexibility index (Phi) is 7.10. The second-order valence-electron chi connectivity index (χ2n) is 12.1. The first-order valence-corrected chi connectivity index (χ1v) is 16.4. The summed E-state index contributed by atoms with van der Waals surface area (Å²) >= 11 is 0. The van der Waals surface area contributed by atoms with Crippen molar-refractivity contribution in [3.8, 4) is 67.5 Å². The van der Waals surface area contributed by atoms with Gasteiger partial charge in [-0.1, -0.05) is 146 Å². The summed E-state index contributed by atoms with van der Waals surface area (Å²) in [7, 11) is 0. The SMILES string of the molecule is c1ccc(-c2nc(-c3ccccc3)nc(-c3ccc(-c4ccccc4)c(-c4cccc(-c5ccc6oc7ccccc7c6c5)c4)c3)n2)cc1. The van der Waals surface area contributed by atoms with E-state index in [1.165, 1.54) is 0 Å². The fourth-order valence-electron chi connectivity index (χ4n) is 6.50. The van der Waals surface area contributed by atoms with Crippen LogP contribution in [0.3, 0.4) is 0 Å². The van der Waals surface area contributed by atoms with E-state index < -0.39 is 0 Å². The summed E-state index contributed by atoms with van der Waals surface area (Å²) in [6.07, 6.45) is 0. The van der Waals surface area contributed by atoms with Crippen LogP contribution in [0.15, 0.2) is 180 Å². The van der Waals surface area contributed by atoms with Gasteiger partial charge in [-0.25, -0.2) is 15.0 Å². The van der Waals surface area contributed by atoms with Crippen molar-refractivity contribution in [2.24, 2.45) is 0 Å². The van der Waals surface area contributed by atoms with Crippen LogP contribution in [0.2, 0.25) is 0 Å². The largest absolute Gasteiger partial charge is 0.456 e. The van der Waals surface area contributed by atoms with Gasteiger partial charge in [0.05, 0.1) is 0 Å². The Morgan fingerprint density at radius 3 is 1.49 bits per heavy atom. The predicted molar refractivity (Wildman–Crippen MR) is 200 cm³/mol. The number of benzene rings is 7. The number of para-hydroxylation sites is 1. The highest BCUT2D eigenvalue weighted by atomic mass is 16.3. The number of hydrogen-bond donors (Lipinski definition) is 0. The Hall–Kier alpha value is -6.65. The van der Waals surface area contributed by atoms with Crippen LogP contribution in [-0.2, 0) is 0 Å². The first-order chi connectivity index (χ1) is 24.3. The smallest absolute Gasteiger partial charge is 0.164 e. The molecule has 0 N–H and O–H groups in total. The van der Waals surface area contributed by atoms with E-state index in [1.54, 1.807) is 0 Å². The summed E-state index contributed by atoms with van der Waals surface area (Å²) in [5.41, 5.74) is 11.4. The minimum Gasteiger partial charge on any atom is -0.456 e. The number of furan rings is 1. The summed E-state index contributed by atoms with van der Waals surface area (Å²) in [5, 5.41) is 2.24. The molecule has 0 aliphatic heterocycles. The molecule has 9 aromatic rings. The van der Waals surface area contributed by atoms with Gasteiger partial charge in [-0.3, -0.25) is 0 Å². The molecule has 2 heterocycles. The molecule has 0 amide bonds. The van der Waals surface area contributed by atoms with Crippen molar-refractivity contribution in [1.82, 2.24) is 15.0 Å². The van der Waals surface area contributed by atoms with Crippen molar-refractivity contribution < 1.29 is 4.42 Å². The molecule has 0 fully saturated rings. The molecule has 2 aromatic heterocycles. The van der Waals surface area contributed by atoms with Crippen LogP contribution < -0.4 is 0 Å². The van der Waals surface area contributed by atoms with Gasteiger partial charge in [-0.15, -0.1) is 0 Å². The molecule has 0 spiro atoms. The van der Waals surface area contributed by atoms with E-state index in [2.05, 4.69) is 103 Å². The Bertz CT molecular complexity index is 2540. The van der Waals surface area contributed by atoms with Crippen molar-refractivity contribution in [3.63, 3.8) is 0 Å². The van der Waals surface area contributed by atoms with Crippen LogP contribution >= 0.6 is 0 Å². The van der Waals surface area contributed by atoms with Crippen LogP contribution in [0.5, 0.6) is 0 Å². The highest BCUT2D eigenvalue weighted by Crippen LogP contribution is 2.38. The maximum absolute atomic E-state index is 6.11. The third-order valence-electron chi connectivity index (χ3n) is 8.95. The molecule has 0 bridgehead atoms. The third kappa shape index (κ3) is 5.45. The van der Waals surface area contributed by atoms with Gasteiger partial charge in [0, 0.05) is 27.5 Å². The second kappa shape index (κ2) is 12.2. The van der Waals surface area contributed by atoms with Crippen LogP contribution in [-0.4, -0.2) is 15.0 Å². The van der Waals surface area contributed by atoms with Crippen molar-refractivity contribution in [2.45, 2.75) is 0 Å². The third-order valence-corrected chi connectivity index (χ3v) is 8.95. The maximum atomic E-state index is 6.11. The van der Waals surface area contributed by atoms with E-state index in [-0.39, 0.29) is 0 Å². The molecule has 0 aliphatic carbocycles. The van der Waals surface area contributed by atoms with Gasteiger partial charge in [-0.2, -0.15) is 0 Å².